The van der Waals surface area contributed by atoms with E-state index >= 15 is 0 Å². The summed E-state index contributed by atoms with van der Waals surface area (Å²) in [7, 11) is 0. The van der Waals surface area contributed by atoms with E-state index in [1.165, 1.54) is 44.6 Å². The van der Waals surface area contributed by atoms with Gasteiger partial charge in [-0.15, -0.1) is 35.9 Å². The first kappa shape index (κ1) is 36.7. The van der Waals surface area contributed by atoms with Crippen molar-refractivity contribution in [3.05, 3.63) is 162 Å². The van der Waals surface area contributed by atoms with Crippen molar-refractivity contribution in [3.8, 4) is 39.5 Å². The van der Waals surface area contributed by atoms with E-state index in [2.05, 4.69) is 143 Å². The monoisotopic (exact) mass is 858 g/mol. The van der Waals surface area contributed by atoms with Crippen molar-refractivity contribution in [3.63, 3.8) is 0 Å². The van der Waals surface area contributed by atoms with Gasteiger partial charge in [0, 0.05) is 43.8 Å². The molecule has 0 saturated carbocycles. The van der Waals surface area contributed by atoms with E-state index in [4.69, 9.17) is 9.40 Å². The fourth-order valence-electron chi connectivity index (χ4n) is 7.20. The summed E-state index contributed by atoms with van der Waals surface area (Å²) in [4.78, 5) is 9.42. The van der Waals surface area contributed by atoms with E-state index in [1.54, 1.807) is 6.20 Å². The van der Waals surface area contributed by atoms with Crippen LogP contribution < -0.4 is 0 Å². The molecule has 0 fully saturated rings. The molecule has 3 aromatic heterocycles. The summed E-state index contributed by atoms with van der Waals surface area (Å²) < 4.78 is 8.38. The fraction of sp³-hybridized carbons (Fsp3) is 0.191. The van der Waals surface area contributed by atoms with Crippen molar-refractivity contribution in [1.29, 1.82) is 0 Å². The Bertz CT molecular complexity index is 2370. The van der Waals surface area contributed by atoms with Gasteiger partial charge in [0.25, 0.3) is 0 Å². The van der Waals surface area contributed by atoms with Crippen molar-refractivity contribution >= 4 is 22.0 Å². The minimum absolute atomic E-state index is 0. The quantitative estimate of drug-likeness (QED) is 0.157. The summed E-state index contributed by atoms with van der Waals surface area (Å²) in [5.74, 6) is 1.58. The number of hydrogen-bond donors (Lipinski definition) is 0. The van der Waals surface area contributed by atoms with Crippen LogP contribution in [-0.4, -0.2) is 14.5 Å². The number of hydrogen-bond acceptors (Lipinski definition) is 3. The fourth-order valence-corrected chi connectivity index (χ4v) is 7.20. The van der Waals surface area contributed by atoms with Crippen LogP contribution in [0.2, 0.25) is 0 Å². The molecule has 263 valence electrons. The SMILES string of the molecule is Cc1cc(C)c(-c2ccc3o[c-]c(-c4nc5ccccc5n4-c4c(C(C)C)cccc4C(C)C)c3c2)c(C)c1.[Ir].[c-]1ccccc1-c1ccccn1. The maximum absolute atomic E-state index is 6.04. The van der Waals surface area contributed by atoms with Crippen LogP contribution in [0.5, 0.6) is 0 Å². The maximum atomic E-state index is 6.04. The van der Waals surface area contributed by atoms with Gasteiger partial charge >= 0.3 is 0 Å². The first-order chi connectivity index (χ1) is 24.7. The van der Waals surface area contributed by atoms with Crippen LogP contribution in [0.3, 0.4) is 0 Å². The van der Waals surface area contributed by atoms with Gasteiger partial charge in [-0.2, -0.15) is 0 Å². The standard InChI is InChI=1S/C36H35N2O.C11H8N.Ir/c1-21(2)27-11-10-12-28(22(3)4)35(27)38-32-14-9-8-13-31(32)37-36(38)30-20-39-33-16-15-26(19-29(30)33)34-24(6)17-23(5)18-25(34)7;1-2-6-10(7-3-1)11-8-4-5-9-12-11;/h8-19,21-22H,1-7H3;1-6,8-9H;/q2*-1;. The van der Waals surface area contributed by atoms with Crippen molar-refractivity contribution < 1.29 is 24.5 Å². The molecule has 0 aliphatic rings. The molecular weight excluding hydrogens is 815 g/mol. The number of furan rings is 1. The zero-order chi connectivity index (χ0) is 35.6. The number of pyridine rings is 1. The number of fused-ring (bicyclic) bond motifs is 2. The van der Waals surface area contributed by atoms with Gasteiger partial charge in [-0.1, -0.05) is 117 Å². The van der Waals surface area contributed by atoms with Crippen LogP contribution in [0.4, 0.5) is 0 Å². The van der Waals surface area contributed by atoms with Crippen LogP contribution >= 0.6 is 0 Å². The minimum atomic E-state index is 0. The van der Waals surface area contributed by atoms with Crippen molar-refractivity contribution in [2.45, 2.75) is 60.3 Å². The Morgan fingerprint density at radius 1 is 0.712 bits per heavy atom. The Kier molecular flexibility index (Phi) is 11.0. The molecule has 0 bridgehead atoms. The Hall–Kier alpha value is -5.09. The molecule has 0 atom stereocenters. The second-order valence-electron chi connectivity index (χ2n) is 13.9. The van der Waals surface area contributed by atoms with Crippen LogP contribution in [-0.2, 0) is 20.1 Å². The smallest absolute Gasteiger partial charge is 0.0774 e. The third kappa shape index (κ3) is 7.17. The van der Waals surface area contributed by atoms with E-state index in [0.717, 1.165) is 44.6 Å². The number of aromatic nitrogens is 3. The number of aryl methyl sites for hydroxylation is 3. The van der Waals surface area contributed by atoms with E-state index in [1.807, 2.05) is 42.5 Å². The molecule has 0 amide bonds. The topological polar surface area (TPSA) is 43.9 Å². The molecule has 52 heavy (non-hydrogen) atoms. The van der Waals surface area contributed by atoms with Crippen molar-refractivity contribution in [2.75, 3.05) is 0 Å². The van der Waals surface area contributed by atoms with Gasteiger partial charge in [0.15, 0.2) is 0 Å². The summed E-state index contributed by atoms with van der Waals surface area (Å²) in [6.07, 6.45) is 5.05. The second kappa shape index (κ2) is 15.7. The van der Waals surface area contributed by atoms with Gasteiger partial charge in [-0.05, 0) is 89.9 Å². The summed E-state index contributed by atoms with van der Waals surface area (Å²) in [6.45, 7) is 15.6. The molecule has 8 rings (SSSR count). The molecule has 0 unspecified atom stereocenters. The number of imidazole rings is 1. The maximum Gasteiger partial charge on any atom is 0.0774 e. The molecule has 0 saturated heterocycles. The molecule has 5 aromatic carbocycles. The average molecular weight is 858 g/mol. The molecule has 0 spiro atoms. The summed E-state index contributed by atoms with van der Waals surface area (Å²) in [5.41, 5.74) is 15.9. The predicted octanol–water partition coefficient (Wildman–Crippen LogP) is 12.6. The molecule has 5 heteroatoms. The van der Waals surface area contributed by atoms with Gasteiger partial charge in [-0.3, -0.25) is 4.98 Å². The first-order valence-electron chi connectivity index (χ1n) is 17.7. The van der Waals surface area contributed by atoms with Gasteiger partial charge in [0.2, 0.25) is 0 Å². The Morgan fingerprint density at radius 3 is 2.06 bits per heavy atom. The number of benzene rings is 5. The molecule has 3 heterocycles. The Morgan fingerprint density at radius 2 is 1.40 bits per heavy atom. The van der Waals surface area contributed by atoms with Crippen molar-refractivity contribution in [1.82, 2.24) is 14.5 Å². The Balaban J connectivity index is 0.000000302. The molecule has 0 aliphatic heterocycles. The van der Waals surface area contributed by atoms with Gasteiger partial charge in [0.1, 0.15) is 0 Å². The molecule has 1 radical (unpaired) electrons. The third-order valence-corrected chi connectivity index (χ3v) is 9.48. The largest absolute Gasteiger partial charge is 0.557 e. The molecule has 8 aromatic rings. The number of rotatable bonds is 6. The summed E-state index contributed by atoms with van der Waals surface area (Å²) >= 11 is 0. The van der Waals surface area contributed by atoms with E-state index in [-0.39, 0.29) is 20.1 Å². The van der Waals surface area contributed by atoms with E-state index in [0.29, 0.717) is 11.8 Å². The van der Waals surface area contributed by atoms with Crippen LogP contribution in [0.15, 0.2) is 126 Å². The molecule has 4 nitrogen and oxygen atoms in total. The van der Waals surface area contributed by atoms with Crippen molar-refractivity contribution in [2.24, 2.45) is 0 Å². The van der Waals surface area contributed by atoms with Gasteiger partial charge in [-0.25, -0.2) is 0 Å². The van der Waals surface area contributed by atoms with Crippen LogP contribution in [0.25, 0.3) is 61.5 Å². The summed E-state index contributed by atoms with van der Waals surface area (Å²) in [6, 6.07) is 42.9. The Labute approximate surface area is 321 Å². The van der Waals surface area contributed by atoms with E-state index in [9.17, 15) is 0 Å². The zero-order valence-corrected chi connectivity index (χ0v) is 33.2. The number of nitrogens with zero attached hydrogens (tertiary/aromatic N) is 3. The van der Waals surface area contributed by atoms with Gasteiger partial charge < -0.3 is 14.0 Å². The first-order valence-corrected chi connectivity index (χ1v) is 17.7. The third-order valence-electron chi connectivity index (χ3n) is 9.48. The normalized spacial score (nSPS) is 11.2. The predicted molar refractivity (Wildman–Crippen MR) is 211 cm³/mol. The van der Waals surface area contributed by atoms with Crippen LogP contribution in [0, 0.1) is 33.1 Å². The minimum Gasteiger partial charge on any atom is -0.557 e. The second-order valence-corrected chi connectivity index (χ2v) is 13.9. The van der Waals surface area contributed by atoms with Crippen LogP contribution in [0.1, 0.15) is 67.3 Å². The number of para-hydroxylation sites is 3. The molecule has 0 aliphatic carbocycles. The summed E-state index contributed by atoms with van der Waals surface area (Å²) in [5, 5.41) is 1.02. The van der Waals surface area contributed by atoms with Gasteiger partial charge in [0.05, 0.1) is 16.9 Å². The zero-order valence-electron chi connectivity index (χ0n) is 30.8. The molecular formula is C47H43IrN3O-2. The van der Waals surface area contributed by atoms with E-state index < -0.39 is 0 Å². The molecule has 0 N–H and O–H groups in total. The average Bonchev–Trinajstić information content (AvgIpc) is 3.73.